The van der Waals surface area contributed by atoms with Crippen molar-refractivity contribution in [3.63, 3.8) is 0 Å². The second-order valence-electron chi connectivity index (χ2n) is 4.13. The third kappa shape index (κ3) is 2.17. The highest BCUT2D eigenvalue weighted by molar-refractivity contribution is 14.1. The summed E-state index contributed by atoms with van der Waals surface area (Å²) < 4.78 is 7.37. The first-order valence-corrected chi connectivity index (χ1v) is 8.59. The standard InChI is InChI=1S/C13H5I3O4/c14-6-1-4-9(3-8(6)17)20-13-5(11(4)18)2-7(15)12(19)10(13)16/h1-3,17,19H. The third-order valence-electron chi connectivity index (χ3n) is 2.90. The summed E-state index contributed by atoms with van der Waals surface area (Å²) in [7, 11) is 0. The fourth-order valence-corrected chi connectivity index (χ4v) is 4.17. The first kappa shape index (κ1) is 14.6. The van der Waals surface area contributed by atoms with Gasteiger partial charge in [-0.1, -0.05) is 0 Å². The van der Waals surface area contributed by atoms with Gasteiger partial charge in [-0.15, -0.1) is 0 Å². The molecule has 0 radical (unpaired) electrons. The first-order chi connectivity index (χ1) is 9.40. The number of hydrogen-bond donors (Lipinski definition) is 2. The Kier molecular flexibility index (Phi) is 3.77. The van der Waals surface area contributed by atoms with Crippen molar-refractivity contribution in [2.24, 2.45) is 0 Å². The summed E-state index contributed by atoms with van der Waals surface area (Å²) in [6.45, 7) is 0. The molecule has 2 N–H and O–H groups in total. The molecule has 0 saturated carbocycles. The van der Waals surface area contributed by atoms with Crippen molar-refractivity contribution < 1.29 is 14.6 Å². The molecule has 3 aromatic rings. The Morgan fingerprint density at radius 1 is 0.950 bits per heavy atom. The molecule has 0 spiro atoms. The van der Waals surface area contributed by atoms with Gasteiger partial charge in [0.05, 0.1) is 21.5 Å². The summed E-state index contributed by atoms with van der Waals surface area (Å²) in [4.78, 5) is 12.5. The van der Waals surface area contributed by atoms with Crippen LogP contribution in [0, 0.1) is 10.7 Å². The fourth-order valence-electron chi connectivity index (χ4n) is 1.92. The topological polar surface area (TPSA) is 70.7 Å². The van der Waals surface area contributed by atoms with E-state index in [1.165, 1.54) is 6.07 Å². The summed E-state index contributed by atoms with van der Waals surface area (Å²) in [5.74, 6) is 0.154. The molecule has 0 aliphatic rings. The van der Waals surface area contributed by atoms with E-state index in [0.29, 0.717) is 32.6 Å². The zero-order chi connectivity index (χ0) is 14.6. The van der Waals surface area contributed by atoms with Crippen molar-refractivity contribution in [3.8, 4) is 11.5 Å². The maximum Gasteiger partial charge on any atom is 0.200 e. The van der Waals surface area contributed by atoms with E-state index in [-0.39, 0.29) is 16.9 Å². The van der Waals surface area contributed by atoms with Crippen LogP contribution in [0.15, 0.2) is 27.4 Å². The van der Waals surface area contributed by atoms with Crippen molar-refractivity contribution in [2.45, 2.75) is 0 Å². The average molecular weight is 606 g/mol. The molecule has 1 aromatic heterocycles. The first-order valence-electron chi connectivity index (χ1n) is 5.36. The Morgan fingerprint density at radius 3 is 2.30 bits per heavy atom. The predicted molar refractivity (Wildman–Crippen MR) is 101 cm³/mol. The Bertz CT molecular complexity index is 931. The van der Waals surface area contributed by atoms with Crippen LogP contribution < -0.4 is 5.43 Å². The zero-order valence-electron chi connectivity index (χ0n) is 9.58. The summed E-state index contributed by atoms with van der Waals surface area (Å²) in [5, 5.41) is 20.5. The van der Waals surface area contributed by atoms with Crippen LogP contribution in [0.1, 0.15) is 0 Å². The lowest BCUT2D eigenvalue weighted by Crippen LogP contribution is -2.04. The molecule has 0 aliphatic carbocycles. The number of phenolic OH excluding ortho intramolecular Hbond substituents is 2. The van der Waals surface area contributed by atoms with Crippen molar-refractivity contribution >= 4 is 89.7 Å². The maximum atomic E-state index is 12.5. The lowest BCUT2D eigenvalue weighted by atomic mass is 10.1. The zero-order valence-corrected chi connectivity index (χ0v) is 16.0. The van der Waals surface area contributed by atoms with Crippen LogP contribution in [0.25, 0.3) is 21.9 Å². The van der Waals surface area contributed by atoms with Crippen molar-refractivity contribution in [3.05, 3.63) is 39.1 Å². The molecule has 0 unspecified atom stereocenters. The highest BCUT2D eigenvalue weighted by Crippen LogP contribution is 2.34. The second kappa shape index (κ2) is 5.16. The molecular weight excluding hydrogens is 601 g/mol. The van der Waals surface area contributed by atoms with Crippen molar-refractivity contribution in [1.29, 1.82) is 0 Å². The summed E-state index contributed by atoms with van der Waals surface area (Å²) in [6, 6.07) is 4.63. The van der Waals surface area contributed by atoms with Crippen LogP contribution in [-0.2, 0) is 0 Å². The number of halogens is 3. The van der Waals surface area contributed by atoms with E-state index < -0.39 is 0 Å². The Morgan fingerprint density at radius 2 is 1.60 bits per heavy atom. The molecular formula is C13H5I3O4. The largest absolute Gasteiger partial charge is 0.507 e. The molecule has 0 fully saturated rings. The van der Waals surface area contributed by atoms with Gasteiger partial charge in [-0.2, -0.15) is 0 Å². The molecule has 20 heavy (non-hydrogen) atoms. The molecule has 0 amide bonds. The van der Waals surface area contributed by atoms with Gasteiger partial charge in [-0.05, 0) is 79.9 Å². The van der Waals surface area contributed by atoms with Crippen LogP contribution in [0.4, 0.5) is 0 Å². The van der Waals surface area contributed by atoms with Gasteiger partial charge in [0, 0.05) is 6.07 Å². The van der Waals surface area contributed by atoms with E-state index in [1.54, 1.807) is 12.1 Å². The minimum absolute atomic E-state index is 0.0605. The number of hydrogen-bond acceptors (Lipinski definition) is 4. The van der Waals surface area contributed by atoms with E-state index in [1.807, 2.05) is 67.8 Å². The lowest BCUT2D eigenvalue weighted by Gasteiger charge is -2.07. The number of benzene rings is 2. The third-order valence-corrected chi connectivity index (χ3v) is 5.59. The van der Waals surface area contributed by atoms with Gasteiger partial charge >= 0.3 is 0 Å². The Hall–Kier alpha value is -0.300. The Labute approximate surface area is 153 Å². The quantitative estimate of drug-likeness (QED) is 0.298. The van der Waals surface area contributed by atoms with Crippen molar-refractivity contribution in [2.75, 3.05) is 0 Å². The number of fused-ring (bicyclic) bond motifs is 2. The molecule has 4 nitrogen and oxygen atoms in total. The molecule has 0 saturated heterocycles. The van der Waals surface area contributed by atoms with Gasteiger partial charge in [0.15, 0.2) is 5.58 Å². The van der Waals surface area contributed by atoms with Crippen LogP contribution in [0.2, 0.25) is 0 Å². The predicted octanol–water partition coefficient (Wildman–Crippen LogP) is 4.17. The number of phenols is 2. The molecule has 102 valence electrons. The van der Waals surface area contributed by atoms with Gasteiger partial charge < -0.3 is 14.6 Å². The number of aromatic hydroxyl groups is 2. The van der Waals surface area contributed by atoms with E-state index in [2.05, 4.69) is 0 Å². The molecule has 2 aromatic carbocycles. The summed E-state index contributed by atoms with van der Waals surface area (Å²) in [5.41, 5.74) is 0.468. The fraction of sp³-hybridized carbons (Fsp3) is 0. The van der Waals surface area contributed by atoms with E-state index in [4.69, 9.17) is 4.42 Å². The van der Waals surface area contributed by atoms with Crippen LogP contribution in [0.5, 0.6) is 11.5 Å². The SMILES string of the molecule is O=c1c2cc(I)c(O)cc2oc2c(I)c(O)c(I)cc12. The Balaban J connectivity index is 2.61. The molecule has 3 rings (SSSR count). The van der Waals surface area contributed by atoms with Gasteiger partial charge in [-0.25, -0.2) is 0 Å². The normalized spacial score (nSPS) is 11.3. The minimum atomic E-state index is -0.171. The summed E-state index contributed by atoms with van der Waals surface area (Å²) in [6.07, 6.45) is 0. The lowest BCUT2D eigenvalue weighted by molar-refractivity contribution is 0.466. The number of rotatable bonds is 0. The minimum Gasteiger partial charge on any atom is -0.507 e. The summed E-state index contributed by atoms with van der Waals surface area (Å²) >= 11 is 5.87. The van der Waals surface area contributed by atoms with Gasteiger partial charge in [0.2, 0.25) is 5.43 Å². The smallest absolute Gasteiger partial charge is 0.200 e. The highest BCUT2D eigenvalue weighted by Gasteiger charge is 2.16. The van der Waals surface area contributed by atoms with E-state index >= 15 is 0 Å². The maximum absolute atomic E-state index is 12.5. The van der Waals surface area contributed by atoms with Gasteiger partial charge in [-0.3, -0.25) is 4.79 Å². The van der Waals surface area contributed by atoms with Crippen molar-refractivity contribution in [1.82, 2.24) is 0 Å². The van der Waals surface area contributed by atoms with Crippen LogP contribution in [-0.4, -0.2) is 10.2 Å². The average Bonchev–Trinajstić information content (AvgIpc) is 2.41. The molecule has 1 heterocycles. The molecule has 7 heteroatoms. The molecule has 0 aliphatic heterocycles. The molecule has 0 bridgehead atoms. The van der Waals surface area contributed by atoms with Crippen LogP contribution >= 0.6 is 67.8 Å². The monoisotopic (exact) mass is 606 g/mol. The second-order valence-corrected chi connectivity index (χ2v) is 7.53. The molecule has 0 atom stereocenters. The highest BCUT2D eigenvalue weighted by atomic mass is 127. The van der Waals surface area contributed by atoms with Gasteiger partial charge in [0.1, 0.15) is 17.1 Å². The van der Waals surface area contributed by atoms with E-state index in [9.17, 15) is 15.0 Å². The van der Waals surface area contributed by atoms with Gasteiger partial charge in [0.25, 0.3) is 0 Å². The van der Waals surface area contributed by atoms with E-state index in [0.717, 1.165) is 0 Å². The van der Waals surface area contributed by atoms with Crippen LogP contribution in [0.3, 0.4) is 0 Å².